The molecule has 1 aliphatic heterocycles. The lowest BCUT2D eigenvalue weighted by atomic mass is 9.44. The number of aliphatic hydroxyl groups excluding tert-OH is 1. The molecule has 0 amide bonds. The summed E-state index contributed by atoms with van der Waals surface area (Å²) >= 11 is 0. The number of rotatable bonds is 4. The van der Waals surface area contributed by atoms with Crippen LogP contribution in [0.15, 0.2) is 30.1 Å². The first-order chi connectivity index (χ1) is 17.6. The van der Waals surface area contributed by atoms with Gasteiger partial charge < -0.3 is 10.0 Å². The van der Waals surface area contributed by atoms with E-state index >= 15 is 0 Å². The number of hydrogen-bond donors (Lipinski definition) is 1. The van der Waals surface area contributed by atoms with Gasteiger partial charge in [-0.1, -0.05) is 46.3 Å². The van der Waals surface area contributed by atoms with Crippen LogP contribution in [0.4, 0.5) is 5.95 Å². The molecule has 5 aliphatic rings. The molecule has 1 aromatic heterocycles. The van der Waals surface area contributed by atoms with Crippen molar-refractivity contribution in [1.82, 2.24) is 14.9 Å². The van der Waals surface area contributed by atoms with Gasteiger partial charge in [0.05, 0.1) is 6.10 Å². The maximum atomic E-state index is 10.8. The minimum absolute atomic E-state index is 0.0674. The van der Waals surface area contributed by atoms with Crippen LogP contribution in [0, 0.1) is 45.8 Å². The van der Waals surface area contributed by atoms with Crippen LogP contribution in [0.25, 0.3) is 0 Å². The van der Waals surface area contributed by atoms with Crippen molar-refractivity contribution in [2.45, 2.75) is 85.7 Å². The zero-order chi connectivity index (χ0) is 26.0. The van der Waals surface area contributed by atoms with E-state index in [1.165, 1.54) is 45.1 Å². The molecule has 0 bridgehead atoms. The summed E-state index contributed by atoms with van der Waals surface area (Å²) in [6.07, 6.45) is 15.2. The number of nitrogens with zero attached hydrogens (tertiary/aromatic N) is 4. The van der Waals surface area contributed by atoms with E-state index in [4.69, 9.17) is 0 Å². The fourth-order valence-electron chi connectivity index (χ4n) is 10.5. The normalized spacial score (nSPS) is 42.4. The van der Waals surface area contributed by atoms with Gasteiger partial charge in [0, 0.05) is 50.5 Å². The second kappa shape index (κ2) is 9.33. The predicted molar refractivity (Wildman–Crippen MR) is 150 cm³/mol. The molecule has 0 radical (unpaired) electrons. The standard InChI is InChI=1S/C32H50N4O/c1-22(21-35-17-19-36(20-18-35)29-33-15-6-16-34-29)24-8-9-25-23-7-10-27-30(2,3)28(37)12-14-32(27,5)26(23)11-13-31(24,25)4/h6,10,15-16,22-26,28,37H,7-9,11-14,17-21H2,1-5H3/t22-,23+,24-,25+,26+,28?,31-,32-/m1/s1. The molecule has 0 spiro atoms. The Labute approximate surface area is 225 Å². The van der Waals surface area contributed by atoms with Crippen LogP contribution in [-0.2, 0) is 0 Å². The highest BCUT2D eigenvalue weighted by Gasteiger charge is 2.61. The van der Waals surface area contributed by atoms with Crippen molar-refractivity contribution in [1.29, 1.82) is 0 Å². The van der Waals surface area contributed by atoms with Gasteiger partial charge in [0.15, 0.2) is 0 Å². The Balaban J connectivity index is 1.12. The Morgan fingerprint density at radius 1 is 0.946 bits per heavy atom. The molecular weight excluding hydrogens is 456 g/mol. The van der Waals surface area contributed by atoms with Crippen LogP contribution in [0.1, 0.15) is 79.6 Å². The Morgan fingerprint density at radius 2 is 1.68 bits per heavy atom. The number of hydrogen-bond acceptors (Lipinski definition) is 5. The third-order valence-electron chi connectivity index (χ3n) is 12.4. The third kappa shape index (κ3) is 4.09. The van der Waals surface area contributed by atoms with Gasteiger partial charge in [0.2, 0.25) is 5.95 Å². The molecule has 37 heavy (non-hydrogen) atoms. The minimum Gasteiger partial charge on any atom is -0.392 e. The fraction of sp³-hybridized carbons (Fsp3) is 0.812. The topological polar surface area (TPSA) is 52.5 Å². The summed E-state index contributed by atoms with van der Waals surface area (Å²) < 4.78 is 0. The largest absolute Gasteiger partial charge is 0.392 e. The molecule has 204 valence electrons. The molecule has 5 nitrogen and oxygen atoms in total. The van der Waals surface area contributed by atoms with Crippen molar-refractivity contribution < 1.29 is 5.11 Å². The van der Waals surface area contributed by atoms with E-state index in [1.54, 1.807) is 5.57 Å². The molecule has 4 aliphatic carbocycles. The number of aliphatic hydroxyl groups is 1. The van der Waals surface area contributed by atoms with Crippen molar-refractivity contribution in [2.24, 2.45) is 45.8 Å². The summed E-state index contributed by atoms with van der Waals surface area (Å²) in [5.74, 6) is 4.99. The molecule has 3 saturated carbocycles. The van der Waals surface area contributed by atoms with Gasteiger partial charge in [-0.3, -0.25) is 4.90 Å². The fourth-order valence-corrected chi connectivity index (χ4v) is 10.5. The number of anilines is 1. The van der Waals surface area contributed by atoms with Gasteiger partial charge in [0.25, 0.3) is 0 Å². The van der Waals surface area contributed by atoms with Crippen LogP contribution in [0.5, 0.6) is 0 Å². The van der Waals surface area contributed by atoms with E-state index in [2.05, 4.69) is 60.5 Å². The third-order valence-corrected chi connectivity index (χ3v) is 12.4. The van der Waals surface area contributed by atoms with E-state index in [1.807, 2.05) is 18.5 Å². The average molecular weight is 507 g/mol. The maximum Gasteiger partial charge on any atom is 0.225 e. The van der Waals surface area contributed by atoms with Crippen molar-refractivity contribution in [3.05, 3.63) is 30.1 Å². The van der Waals surface area contributed by atoms with Crippen LogP contribution in [0.3, 0.4) is 0 Å². The first-order valence-corrected chi connectivity index (χ1v) is 15.3. The summed E-state index contributed by atoms with van der Waals surface area (Å²) in [5.41, 5.74) is 2.30. The summed E-state index contributed by atoms with van der Waals surface area (Å²) in [6.45, 7) is 17.9. The molecule has 1 aromatic rings. The van der Waals surface area contributed by atoms with Crippen molar-refractivity contribution in [3.8, 4) is 0 Å². The van der Waals surface area contributed by atoms with E-state index in [9.17, 15) is 5.11 Å². The van der Waals surface area contributed by atoms with Gasteiger partial charge in [0.1, 0.15) is 0 Å². The molecule has 0 aromatic carbocycles. The maximum absolute atomic E-state index is 10.8. The molecule has 5 heteroatoms. The summed E-state index contributed by atoms with van der Waals surface area (Å²) in [6, 6.07) is 1.90. The van der Waals surface area contributed by atoms with Gasteiger partial charge in [-0.05, 0) is 91.4 Å². The Kier molecular flexibility index (Phi) is 6.50. The lowest BCUT2D eigenvalue weighted by Crippen LogP contribution is -2.55. The molecule has 8 atom stereocenters. The first-order valence-electron chi connectivity index (χ1n) is 15.3. The monoisotopic (exact) mass is 506 g/mol. The lowest BCUT2D eigenvalue weighted by Gasteiger charge is -2.61. The average Bonchev–Trinajstić information content (AvgIpc) is 3.25. The molecule has 2 heterocycles. The number of aromatic nitrogens is 2. The Bertz CT molecular complexity index is 1000. The SMILES string of the molecule is C[C@H](CN1CCN(c2ncccn2)CC1)[C@H]1CC[C@H]2[C@@H]3CC=C4C(C)(C)C(O)CC[C@]4(C)[C@H]3CC[C@]12C. The van der Waals surface area contributed by atoms with Gasteiger partial charge in [-0.2, -0.15) is 0 Å². The highest BCUT2D eigenvalue weighted by Crippen LogP contribution is 2.68. The zero-order valence-electron chi connectivity index (χ0n) is 24.0. The van der Waals surface area contributed by atoms with Crippen molar-refractivity contribution in [2.75, 3.05) is 37.6 Å². The van der Waals surface area contributed by atoms with E-state index in [0.717, 1.165) is 68.1 Å². The molecule has 4 fully saturated rings. The highest BCUT2D eigenvalue weighted by atomic mass is 16.3. The number of fused-ring (bicyclic) bond motifs is 5. The first kappa shape index (κ1) is 25.8. The van der Waals surface area contributed by atoms with Crippen molar-refractivity contribution >= 4 is 5.95 Å². The predicted octanol–water partition coefficient (Wildman–Crippen LogP) is 5.81. The van der Waals surface area contributed by atoms with Crippen LogP contribution < -0.4 is 4.90 Å². The second-order valence-corrected chi connectivity index (χ2v) is 14.5. The molecule has 1 saturated heterocycles. The second-order valence-electron chi connectivity index (χ2n) is 14.5. The smallest absolute Gasteiger partial charge is 0.225 e. The van der Waals surface area contributed by atoms with Crippen LogP contribution in [0.2, 0.25) is 0 Å². The summed E-state index contributed by atoms with van der Waals surface area (Å²) in [4.78, 5) is 14.0. The van der Waals surface area contributed by atoms with Crippen molar-refractivity contribution in [3.63, 3.8) is 0 Å². The molecular formula is C32H50N4O. The number of allylic oxidation sites excluding steroid dienone is 1. The molecule has 1 unspecified atom stereocenters. The van der Waals surface area contributed by atoms with Crippen LogP contribution >= 0.6 is 0 Å². The number of piperazine rings is 1. The molecule has 6 rings (SSSR count). The van der Waals surface area contributed by atoms with Crippen LogP contribution in [-0.4, -0.2) is 58.8 Å². The quantitative estimate of drug-likeness (QED) is 0.522. The Morgan fingerprint density at radius 3 is 2.41 bits per heavy atom. The lowest BCUT2D eigenvalue weighted by molar-refractivity contribution is -0.0789. The van der Waals surface area contributed by atoms with Gasteiger partial charge in [-0.25, -0.2) is 9.97 Å². The Hall–Kier alpha value is -1.46. The van der Waals surface area contributed by atoms with E-state index < -0.39 is 0 Å². The zero-order valence-corrected chi connectivity index (χ0v) is 24.0. The van der Waals surface area contributed by atoms with E-state index in [0.29, 0.717) is 10.8 Å². The van der Waals surface area contributed by atoms with Gasteiger partial charge in [-0.15, -0.1) is 0 Å². The highest BCUT2D eigenvalue weighted by molar-refractivity contribution is 5.31. The summed E-state index contributed by atoms with van der Waals surface area (Å²) in [5, 5.41) is 10.8. The minimum atomic E-state index is -0.184. The van der Waals surface area contributed by atoms with Gasteiger partial charge >= 0.3 is 0 Å². The van der Waals surface area contributed by atoms with E-state index in [-0.39, 0.29) is 11.5 Å². The molecule has 1 N–H and O–H groups in total. The summed E-state index contributed by atoms with van der Waals surface area (Å²) in [7, 11) is 0.